The molecule has 0 aliphatic heterocycles. The molecule has 0 aliphatic rings. The molecule has 2 rings (SSSR count). The molecule has 62 valence electrons. The lowest BCUT2D eigenvalue weighted by molar-refractivity contribution is 1.35. The highest BCUT2D eigenvalue weighted by molar-refractivity contribution is 5.86. The van der Waals surface area contributed by atoms with E-state index in [-0.39, 0.29) is 0 Å². The van der Waals surface area contributed by atoms with Crippen LogP contribution in [0.15, 0.2) is 12.1 Å². The Bertz CT molecular complexity index is 392. The molecular formula is C7H9N5. The average molecular weight is 163 g/mol. The van der Waals surface area contributed by atoms with Crippen LogP contribution in [-0.4, -0.2) is 9.97 Å². The second-order valence-corrected chi connectivity index (χ2v) is 2.62. The van der Waals surface area contributed by atoms with E-state index in [4.69, 9.17) is 17.2 Å². The summed E-state index contributed by atoms with van der Waals surface area (Å²) < 4.78 is 0. The lowest BCUT2D eigenvalue weighted by Crippen LogP contribution is -1.93. The van der Waals surface area contributed by atoms with Crippen molar-refractivity contribution in [3.8, 4) is 0 Å². The van der Waals surface area contributed by atoms with Gasteiger partial charge in [-0.05, 0) is 12.1 Å². The molecule has 0 spiro atoms. The standard InChI is InChI=1S/C7H9N5/c8-3-1-5-6(2-4(3)9)12-7(10)11-5/h1-2H,8-9H2,(H3,10,11,12). The number of H-pyrrole nitrogens is 1. The zero-order chi connectivity index (χ0) is 8.72. The van der Waals surface area contributed by atoms with Crippen LogP contribution in [0, 0.1) is 0 Å². The molecule has 2 aromatic rings. The van der Waals surface area contributed by atoms with E-state index in [2.05, 4.69) is 9.97 Å². The van der Waals surface area contributed by atoms with E-state index in [1.807, 2.05) is 0 Å². The van der Waals surface area contributed by atoms with Crippen LogP contribution in [0.3, 0.4) is 0 Å². The van der Waals surface area contributed by atoms with Crippen molar-refractivity contribution in [2.24, 2.45) is 0 Å². The molecule has 0 saturated heterocycles. The molecule has 0 saturated carbocycles. The number of hydrogen-bond donors (Lipinski definition) is 4. The summed E-state index contributed by atoms with van der Waals surface area (Å²) in [7, 11) is 0. The Balaban J connectivity index is 2.83. The molecule has 0 bridgehead atoms. The number of rotatable bonds is 0. The van der Waals surface area contributed by atoms with Gasteiger partial charge < -0.3 is 22.2 Å². The Morgan fingerprint density at radius 3 is 2.50 bits per heavy atom. The van der Waals surface area contributed by atoms with E-state index in [0.29, 0.717) is 17.3 Å². The SMILES string of the molecule is Nc1nc2cc(N)c(N)cc2[nH]1. The summed E-state index contributed by atoms with van der Waals surface area (Å²) in [6.07, 6.45) is 0. The van der Waals surface area contributed by atoms with Crippen molar-refractivity contribution in [2.75, 3.05) is 17.2 Å². The molecule has 0 atom stereocenters. The third kappa shape index (κ3) is 0.833. The minimum absolute atomic E-state index is 0.370. The number of anilines is 3. The van der Waals surface area contributed by atoms with Crippen LogP contribution in [0.2, 0.25) is 0 Å². The van der Waals surface area contributed by atoms with Gasteiger partial charge in [-0.15, -0.1) is 0 Å². The van der Waals surface area contributed by atoms with Gasteiger partial charge >= 0.3 is 0 Å². The van der Waals surface area contributed by atoms with Gasteiger partial charge in [0.25, 0.3) is 0 Å². The topological polar surface area (TPSA) is 107 Å². The molecule has 1 aromatic carbocycles. The molecular weight excluding hydrogens is 154 g/mol. The zero-order valence-electron chi connectivity index (χ0n) is 6.33. The van der Waals surface area contributed by atoms with Gasteiger partial charge in [-0.1, -0.05) is 0 Å². The molecule has 0 amide bonds. The Hall–Kier alpha value is -1.91. The molecule has 0 fully saturated rings. The van der Waals surface area contributed by atoms with Gasteiger partial charge in [0.05, 0.1) is 22.4 Å². The number of nitrogen functional groups attached to an aromatic ring is 3. The predicted octanol–water partition coefficient (Wildman–Crippen LogP) is 0.309. The van der Waals surface area contributed by atoms with Crippen LogP contribution >= 0.6 is 0 Å². The first-order valence-corrected chi connectivity index (χ1v) is 3.47. The normalized spacial score (nSPS) is 10.7. The quantitative estimate of drug-likeness (QED) is 0.419. The maximum atomic E-state index is 5.58. The minimum atomic E-state index is 0.370. The zero-order valence-corrected chi connectivity index (χ0v) is 6.33. The Morgan fingerprint density at radius 1 is 1.08 bits per heavy atom. The monoisotopic (exact) mass is 163 g/mol. The number of benzene rings is 1. The molecule has 12 heavy (non-hydrogen) atoms. The van der Waals surface area contributed by atoms with Crippen molar-refractivity contribution in [2.45, 2.75) is 0 Å². The maximum Gasteiger partial charge on any atom is 0.198 e. The van der Waals surface area contributed by atoms with E-state index in [1.165, 1.54) is 0 Å². The van der Waals surface area contributed by atoms with Crippen molar-refractivity contribution in [3.63, 3.8) is 0 Å². The van der Waals surface area contributed by atoms with E-state index < -0.39 is 0 Å². The van der Waals surface area contributed by atoms with Gasteiger partial charge in [0, 0.05) is 0 Å². The fourth-order valence-corrected chi connectivity index (χ4v) is 1.11. The Kier molecular flexibility index (Phi) is 1.15. The molecule has 0 unspecified atom stereocenters. The molecule has 5 nitrogen and oxygen atoms in total. The van der Waals surface area contributed by atoms with Gasteiger partial charge in [-0.25, -0.2) is 4.98 Å². The summed E-state index contributed by atoms with van der Waals surface area (Å²) in [6.45, 7) is 0. The van der Waals surface area contributed by atoms with Gasteiger partial charge in [0.1, 0.15) is 0 Å². The minimum Gasteiger partial charge on any atom is -0.397 e. The van der Waals surface area contributed by atoms with Crippen molar-refractivity contribution in [1.82, 2.24) is 9.97 Å². The molecule has 1 aromatic heterocycles. The highest BCUT2D eigenvalue weighted by Crippen LogP contribution is 2.22. The molecule has 0 aliphatic carbocycles. The van der Waals surface area contributed by atoms with Crippen LogP contribution in [0.5, 0.6) is 0 Å². The number of nitrogens with one attached hydrogen (secondary N) is 1. The molecule has 0 radical (unpaired) electrons. The fraction of sp³-hybridized carbons (Fsp3) is 0. The second-order valence-electron chi connectivity index (χ2n) is 2.62. The van der Waals surface area contributed by atoms with Gasteiger partial charge in [-0.3, -0.25) is 0 Å². The van der Waals surface area contributed by atoms with Crippen LogP contribution < -0.4 is 17.2 Å². The first-order valence-electron chi connectivity index (χ1n) is 3.47. The summed E-state index contributed by atoms with van der Waals surface area (Å²) in [6, 6.07) is 3.41. The highest BCUT2D eigenvalue weighted by Gasteiger charge is 2.02. The van der Waals surface area contributed by atoms with E-state index >= 15 is 0 Å². The number of nitrogens with zero attached hydrogens (tertiary/aromatic N) is 1. The summed E-state index contributed by atoms with van der Waals surface area (Å²) in [5, 5.41) is 0. The van der Waals surface area contributed by atoms with E-state index in [0.717, 1.165) is 11.0 Å². The third-order valence-corrected chi connectivity index (χ3v) is 1.70. The third-order valence-electron chi connectivity index (χ3n) is 1.70. The second kappa shape index (κ2) is 2.04. The molecule has 7 N–H and O–H groups in total. The number of hydrogen-bond acceptors (Lipinski definition) is 4. The van der Waals surface area contributed by atoms with Gasteiger partial charge in [0.2, 0.25) is 0 Å². The number of fused-ring (bicyclic) bond motifs is 1. The number of imidazole rings is 1. The van der Waals surface area contributed by atoms with Crippen LogP contribution in [0.4, 0.5) is 17.3 Å². The van der Waals surface area contributed by atoms with Crippen molar-refractivity contribution < 1.29 is 0 Å². The van der Waals surface area contributed by atoms with E-state index in [1.54, 1.807) is 12.1 Å². The number of aromatic amines is 1. The summed E-state index contributed by atoms with van der Waals surface area (Å²) in [4.78, 5) is 6.86. The van der Waals surface area contributed by atoms with Gasteiger partial charge in [0.15, 0.2) is 5.95 Å². The van der Waals surface area contributed by atoms with Crippen LogP contribution in [-0.2, 0) is 0 Å². The van der Waals surface area contributed by atoms with Crippen molar-refractivity contribution in [1.29, 1.82) is 0 Å². The Morgan fingerprint density at radius 2 is 1.75 bits per heavy atom. The van der Waals surface area contributed by atoms with E-state index in [9.17, 15) is 0 Å². The van der Waals surface area contributed by atoms with Gasteiger partial charge in [-0.2, -0.15) is 0 Å². The largest absolute Gasteiger partial charge is 0.397 e. The Labute approximate surface area is 68.6 Å². The summed E-state index contributed by atoms with van der Waals surface area (Å²) in [5.41, 5.74) is 19.2. The number of aromatic nitrogens is 2. The first kappa shape index (κ1) is 6.78. The maximum absolute atomic E-state index is 5.58. The molecule has 1 heterocycles. The smallest absolute Gasteiger partial charge is 0.198 e. The van der Waals surface area contributed by atoms with Crippen LogP contribution in [0.25, 0.3) is 11.0 Å². The van der Waals surface area contributed by atoms with Crippen LogP contribution in [0.1, 0.15) is 0 Å². The highest BCUT2D eigenvalue weighted by atomic mass is 15.0. The first-order chi connectivity index (χ1) is 5.66. The summed E-state index contributed by atoms with van der Waals surface area (Å²) in [5.74, 6) is 0.370. The lowest BCUT2D eigenvalue weighted by atomic mass is 10.2. The average Bonchev–Trinajstić information content (AvgIpc) is 2.30. The van der Waals surface area contributed by atoms with Crippen molar-refractivity contribution >= 4 is 28.4 Å². The number of nitrogens with two attached hydrogens (primary N) is 3. The predicted molar refractivity (Wildman–Crippen MR) is 49.3 cm³/mol. The van der Waals surface area contributed by atoms with Crippen molar-refractivity contribution in [3.05, 3.63) is 12.1 Å². The molecule has 5 heteroatoms. The fourth-order valence-electron chi connectivity index (χ4n) is 1.11. The lowest BCUT2D eigenvalue weighted by Gasteiger charge is -1.97. The summed E-state index contributed by atoms with van der Waals surface area (Å²) >= 11 is 0.